The average Bonchev–Trinajstić information content (AvgIpc) is 3.27. The molecule has 0 aromatic rings. The van der Waals surface area contributed by atoms with E-state index < -0.39 is 12.1 Å². The SMILES string of the molecule is CCCCC/C=C\C/C=C\CCCCCCCC(=O)OCCCCCCCC/C=C\C/C=C\CCC(=O)NC(CO)C(O)CCCCCCCCCCCCCCCCCCC. The number of unbranched alkanes of at least 4 members (excludes halogenated alkanes) is 30. The van der Waals surface area contributed by atoms with Crippen LogP contribution < -0.4 is 5.32 Å². The highest BCUT2D eigenvalue weighted by atomic mass is 16.5. The number of hydrogen-bond donors (Lipinski definition) is 3. The molecule has 0 bridgehead atoms. The molecule has 0 heterocycles. The quantitative estimate of drug-likeness (QED) is 0.0322. The lowest BCUT2D eigenvalue weighted by atomic mass is 10.0. The first kappa shape index (κ1) is 59.8. The van der Waals surface area contributed by atoms with Crippen LogP contribution in [0, 0.1) is 0 Å². The molecule has 6 heteroatoms. The van der Waals surface area contributed by atoms with Crippen LogP contribution in [0.25, 0.3) is 0 Å². The van der Waals surface area contributed by atoms with E-state index in [2.05, 4.69) is 61.7 Å². The molecule has 0 rings (SSSR count). The van der Waals surface area contributed by atoms with Crippen molar-refractivity contribution >= 4 is 11.9 Å². The van der Waals surface area contributed by atoms with Crippen molar-refractivity contribution in [3.05, 3.63) is 48.6 Å². The van der Waals surface area contributed by atoms with E-state index in [1.165, 1.54) is 167 Å². The maximum Gasteiger partial charge on any atom is 0.305 e. The van der Waals surface area contributed by atoms with Gasteiger partial charge in [0.05, 0.1) is 25.4 Å². The normalized spacial score (nSPS) is 13.0. The fourth-order valence-electron chi connectivity index (χ4n) is 7.95. The van der Waals surface area contributed by atoms with Gasteiger partial charge in [-0.25, -0.2) is 0 Å². The summed E-state index contributed by atoms with van der Waals surface area (Å²) >= 11 is 0. The number of ether oxygens (including phenoxy) is 1. The average molecular weight is 870 g/mol. The molecule has 0 spiro atoms. The monoisotopic (exact) mass is 870 g/mol. The van der Waals surface area contributed by atoms with Crippen molar-refractivity contribution < 1.29 is 24.5 Å². The van der Waals surface area contributed by atoms with E-state index in [4.69, 9.17) is 4.74 Å². The minimum Gasteiger partial charge on any atom is -0.466 e. The van der Waals surface area contributed by atoms with Gasteiger partial charge in [0.15, 0.2) is 0 Å². The Kier molecular flexibility index (Phi) is 49.6. The number of amides is 1. The Labute approximate surface area is 385 Å². The minimum atomic E-state index is -0.700. The molecule has 62 heavy (non-hydrogen) atoms. The summed E-state index contributed by atoms with van der Waals surface area (Å²) in [6, 6.07) is -0.587. The molecule has 1 amide bonds. The smallest absolute Gasteiger partial charge is 0.305 e. The lowest BCUT2D eigenvalue weighted by Gasteiger charge is -2.22. The van der Waals surface area contributed by atoms with E-state index in [9.17, 15) is 19.8 Å². The van der Waals surface area contributed by atoms with Crippen molar-refractivity contribution in [2.24, 2.45) is 0 Å². The van der Waals surface area contributed by atoms with Gasteiger partial charge in [0.2, 0.25) is 5.91 Å². The second-order valence-corrected chi connectivity index (χ2v) is 18.2. The van der Waals surface area contributed by atoms with Crippen LogP contribution in [0.2, 0.25) is 0 Å². The summed E-state index contributed by atoms with van der Waals surface area (Å²) in [5.74, 6) is -0.148. The van der Waals surface area contributed by atoms with E-state index in [1.807, 2.05) is 6.08 Å². The summed E-state index contributed by atoms with van der Waals surface area (Å²) in [6.07, 6.45) is 63.8. The third-order valence-corrected chi connectivity index (χ3v) is 12.1. The maximum atomic E-state index is 12.4. The third kappa shape index (κ3) is 47.3. The highest BCUT2D eigenvalue weighted by Crippen LogP contribution is 2.16. The molecular weight excluding hydrogens is 767 g/mol. The number of carbonyl (C=O) groups is 2. The maximum absolute atomic E-state index is 12.4. The van der Waals surface area contributed by atoms with Crippen molar-refractivity contribution in [3.8, 4) is 0 Å². The molecule has 6 nitrogen and oxygen atoms in total. The predicted molar refractivity (Wildman–Crippen MR) is 269 cm³/mol. The van der Waals surface area contributed by atoms with Crippen LogP contribution in [0.5, 0.6) is 0 Å². The highest BCUT2D eigenvalue weighted by Gasteiger charge is 2.19. The Bertz CT molecular complexity index is 1050. The molecule has 2 unspecified atom stereocenters. The lowest BCUT2D eigenvalue weighted by Crippen LogP contribution is -2.45. The van der Waals surface area contributed by atoms with Gasteiger partial charge in [-0.2, -0.15) is 0 Å². The Balaban J connectivity index is 3.57. The van der Waals surface area contributed by atoms with Gasteiger partial charge in [0.25, 0.3) is 0 Å². The van der Waals surface area contributed by atoms with Crippen LogP contribution in [-0.2, 0) is 14.3 Å². The molecule has 0 aromatic heterocycles. The molecule has 0 saturated heterocycles. The highest BCUT2D eigenvalue weighted by molar-refractivity contribution is 5.76. The van der Waals surface area contributed by atoms with Gasteiger partial charge in [0.1, 0.15) is 0 Å². The molecule has 0 aliphatic rings. The van der Waals surface area contributed by atoms with E-state index in [1.54, 1.807) is 0 Å². The standard InChI is InChI=1S/C56H103NO5/c1-3-5-7-9-11-13-15-17-19-20-22-24-28-32-36-40-44-48-54(59)53(52-58)57-55(60)49-45-41-37-33-29-25-23-27-31-35-39-43-47-51-62-56(61)50-46-42-38-34-30-26-21-18-16-14-12-10-8-6-4-2/h12,14,18,21,25,29,37,41,53-54,58-59H,3-11,13,15-17,19-20,22-24,26-28,30-36,38-40,42-52H2,1-2H3,(H,57,60)/b14-12-,21-18-,29-25-,41-37-. The minimum absolute atomic E-state index is 0.0314. The Morgan fingerprint density at radius 1 is 0.452 bits per heavy atom. The first-order valence-corrected chi connectivity index (χ1v) is 26.9. The fraction of sp³-hybridized carbons (Fsp3) is 0.821. The van der Waals surface area contributed by atoms with Crippen molar-refractivity contribution in [3.63, 3.8) is 0 Å². The predicted octanol–water partition coefficient (Wildman–Crippen LogP) is 16.2. The summed E-state index contributed by atoms with van der Waals surface area (Å²) in [6.45, 7) is 4.85. The molecule has 0 fully saturated rings. The zero-order valence-corrected chi connectivity index (χ0v) is 41.1. The second-order valence-electron chi connectivity index (χ2n) is 18.2. The number of esters is 1. The zero-order valence-electron chi connectivity index (χ0n) is 41.1. The zero-order chi connectivity index (χ0) is 45.1. The number of rotatable bonds is 49. The van der Waals surface area contributed by atoms with Gasteiger partial charge in [-0.05, 0) is 77.0 Å². The van der Waals surface area contributed by atoms with Crippen molar-refractivity contribution in [2.45, 2.75) is 283 Å². The molecule has 0 radical (unpaired) electrons. The molecule has 0 saturated carbocycles. The topological polar surface area (TPSA) is 95.9 Å². The Morgan fingerprint density at radius 3 is 1.29 bits per heavy atom. The first-order valence-electron chi connectivity index (χ1n) is 26.9. The number of aliphatic hydroxyl groups is 2. The summed E-state index contributed by atoms with van der Waals surface area (Å²) in [5, 5.41) is 23.2. The molecule has 0 aliphatic carbocycles. The van der Waals surface area contributed by atoms with Crippen molar-refractivity contribution in [1.29, 1.82) is 0 Å². The van der Waals surface area contributed by atoms with Crippen molar-refractivity contribution in [1.82, 2.24) is 5.32 Å². The number of hydrogen-bond acceptors (Lipinski definition) is 5. The van der Waals surface area contributed by atoms with Crippen LogP contribution in [0.3, 0.4) is 0 Å². The second kappa shape index (κ2) is 51.5. The van der Waals surface area contributed by atoms with E-state index in [-0.39, 0.29) is 18.5 Å². The summed E-state index contributed by atoms with van der Waals surface area (Å²) in [7, 11) is 0. The van der Waals surface area contributed by atoms with Crippen molar-refractivity contribution in [2.75, 3.05) is 13.2 Å². The largest absolute Gasteiger partial charge is 0.466 e. The molecule has 0 aromatic carbocycles. The van der Waals surface area contributed by atoms with Crippen LogP contribution in [0.15, 0.2) is 48.6 Å². The van der Waals surface area contributed by atoms with Crippen LogP contribution in [-0.4, -0.2) is 47.4 Å². The molecule has 362 valence electrons. The Hall–Kier alpha value is -2.18. The molecule has 2 atom stereocenters. The van der Waals surface area contributed by atoms with Crippen LogP contribution in [0.4, 0.5) is 0 Å². The lowest BCUT2D eigenvalue weighted by molar-refractivity contribution is -0.143. The van der Waals surface area contributed by atoms with E-state index in [0.29, 0.717) is 32.3 Å². The number of carbonyl (C=O) groups excluding carboxylic acids is 2. The first-order chi connectivity index (χ1) is 30.5. The number of nitrogens with one attached hydrogen (secondary N) is 1. The summed E-state index contributed by atoms with van der Waals surface area (Å²) < 4.78 is 5.45. The fourth-order valence-corrected chi connectivity index (χ4v) is 7.95. The summed E-state index contributed by atoms with van der Waals surface area (Å²) in [5.41, 5.74) is 0. The van der Waals surface area contributed by atoms with Gasteiger partial charge in [-0.15, -0.1) is 0 Å². The van der Waals surface area contributed by atoms with Gasteiger partial charge in [-0.1, -0.05) is 229 Å². The molecular formula is C56H103NO5. The number of allylic oxidation sites excluding steroid dienone is 8. The Morgan fingerprint density at radius 2 is 0.823 bits per heavy atom. The molecule has 0 aliphatic heterocycles. The summed E-state index contributed by atoms with van der Waals surface area (Å²) in [4.78, 5) is 24.5. The van der Waals surface area contributed by atoms with Gasteiger partial charge in [0, 0.05) is 12.8 Å². The van der Waals surface area contributed by atoms with E-state index >= 15 is 0 Å². The van der Waals surface area contributed by atoms with Gasteiger partial charge in [-0.3, -0.25) is 9.59 Å². The van der Waals surface area contributed by atoms with Gasteiger partial charge >= 0.3 is 5.97 Å². The molecule has 3 N–H and O–H groups in total. The van der Waals surface area contributed by atoms with Crippen LogP contribution in [0.1, 0.15) is 271 Å². The number of aliphatic hydroxyl groups excluding tert-OH is 2. The third-order valence-electron chi connectivity index (χ3n) is 12.1. The van der Waals surface area contributed by atoms with Crippen LogP contribution >= 0.6 is 0 Å². The van der Waals surface area contributed by atoms with Gasteiger partial charge < -0.3 is 20.3 Å². The van der Waals surface area contributed by atoms with E-state index in [0.717, 1.165) is 64.2 Å².